The molecule has 1 saturated heterocycles. The number of aromatic nitrogens is 1. The molecule has 1 N–H and O–H groups in total. The molecule has 1 fully saturated rings. The van der Waals surface area contributed by atoms with Crippen LogP contribution in [0.2, 0.25) is 0 Å². The molecule has 1 aromatic rings. The molecule has 0 aromatic carbocycles. The number of anilines is 1. The summed E-state index contributed by atoms with van der Waals surface area (Å²) in [4.78, 5) is 18.4. The van der Waals surface area contributed by atoms with Crippen LogP contribution < -0.4 is 4.90 Å². The van der Waals surface area contributed by atoms with Crippen molar-refractivity contribution in [2.45, 2.75) is 45.1 Å². The summed E-state index contributed by atoms with van der Waals surface area (Å²) >= 11 is 1.27. The first-order valence-corrected chi connectivity index (χ1v) is 7.72. The molecule has 1 atom stereocenters. The van der Waals surface area contributed by atoms with Crippen molar-refractivity contribution in [2.75, 3.05) is 25.1 Å². The lowest BCUT2D eigenvalue weighted by Gasteiger charge is -2.39. The first-order valence-electron chi connectivity index (χ1n) is 6.90. The maximum absolute atomic E-state index is 11.3. The number of hydrogen-bond acceptors (Lipinski definition) is 5. The first-order chi connectivity index (χ1) is 9.36. The molecule has 0 spiro atoms. The molecule has 112 valence electrons. The zero-order valence-corrected chi connectivity index (χ0v) is 13.3. The number of rotatable bonds is 4. The highest BCUT2D eigenvalue weighted by atomic mass is 32.1. The number of nitrogens with zero attached hydrogens (tertiary/aromatic N) is 2. The van der Waals surface area contributed by atoms with Crippen molar-refractivity contribution < 1.29 is 14.6 Å². The molecule has 6 heteroatoms. The third-order valence-electron chi connectivity index (χ3n) is 3.81. The zero-order valence-electron chi connectivity index (χ0n) is 12.5. The van der Waals surface area contributed by atoms with Crippen molar-refractivity contribution >= 4 is 22.4 Å². The third-order valence-corrected chi connectivity index (χ3v) is 4.93. The van der Waals surface area contributed by atoms with Crippen LogP contribution in [-0.4, -0.2) is 41.9 Å². The number of ether oxygens (including phenoxy) is 1. The van der Waals surface area contributed by atoms with Crippen LogP contribution in [0.5, 0.6) is 0 Å². The van der Waals surface area contributed by atoms with E-state index in [1.54, 1.807) is 7.11 Å². The van der Waals surface area contributed by atoms with Gasteiger partial charge in [-0.1, -0.05) is 25.2 Å². The number of carbonyl (C=O) groups is 1. The molecule has 0 radical (unpaired) electrons. The summed E-state index contributed by atoms with van der Waals surface area (Å²) in [6.07, 6.45) is 2.05. The van der Waals surface area contributed by atoms with Crippen LogP contribution in [0.15, 0.2) is 0 Å². The second-order valence-corrected chi connectivity index (χ2v) is 6.83. The van der Waals surface area contributed by atoms with E-state index in [0.29, 0.717) is 10.6 Å². The molecule has 1 unspecified atom stereocenters. The van der Waals surface area contributed by atoms with Gasteiger partial charge in [0.2, 0.25) is 0 Å². The number of carboxylic acid groups (broad SMARTS) is 1. The number of carboxylic acids is 1. The lowest BCUT2D eigenvalue weighted by atomic mass is 9.95. The maximum atomic E-state index is 11.3. The van der Waals surface area contributed by atoms with E-state index >= 15 is 0 Å². The largest absolute Gasteiger partial charge is 0.477 e. The topological polar surface area (TPSA) is 62.7 Å². The normalized spacial score (nSPS) is 23.4. The molecule has 1 aromatic heterocycles. The van der Waals surface area contributed by atoms with E-state index in [1.165, 1.54) is 11.3 Å². The van der Waals surface area contributed by atoms with Crippen LogP contribution in [0.3, 0.4) is 0 Å². The van der Waals surface area contributed by atoms with Gasteiger partial charge < -0.3 is 14.7 Å². The van der Waals surface area contributed by atoms with E-state index < -0.39 is 5.97 Å². The van der Waals surface area contributed by atoms with E-state index in [4.69, 9.17) is 4.74 Å². The fraction of sp³-hybridized carbons (Fsp3) is 0.714. The predicted molar refractivity (Wildman–Crippen MR) is 80.0 cm³/mol. The van der Waals surface area contributed by atoms with Gasteiger partial charge in [0.05, 0.1) is 11.3 Å². The van der Waals surface area contributed by atoms with E-state index in [0.717, 1.165) is 31.1 Å². The highest BCUT2D eigenvalue weighted by Crippen LogP contribution is 2.34. The lowest BCUT2D eigenvalue weighted by Crippen LogP contribution is -2.47. The standard InChI is InChI=1S/C14H22N2O3S/c1-9(2)10-11(12(17)18)20-13(15-10)16-7-5-6-14(3,8-16)19-4/h9H,5-8H2,1-4H3,(H,17,18). The Morgan fingerprint density at radius 1 is 1.55 bits per heavy atom. The third kappa shape index (κ3) is 2.96. The van der Waals surface area contributed by atoms with Crippen molar-refractivity contribution in [3.05, 3.63) is 10.6 Å². The average molecular weight is 298 g/mol. The van der Waals surface area contributed by atoms with Gasteiger partial charge in [0.25, 0.3) is 0 Å². The van der Waals surface area contributed by atoms with Crippen LogP contribution >= 0.6 is 11.3 Å². The minimum absolute atomic E-state index is 0.115. The Morgan fingerprint density at radius 3 is 2.75 bits per heavy atom. The Kier molecular flexibility index (Phi) is 4.34. The fourth-order valence-corrected chi connectivity index (χ4v) is 3.62. The average Bonchev–Trinajstić information content (AvgIpc) is 2.84. The quantitative estimate of drug-likeness (QED) is 0.926. The van der Waals surface area contributed by atoms with Gasteiger partial charge in [-0.25, -0.2) is 9.78 Å². The number of thiazole rings is 1. The predicted octanol–water partition coefficient (Wildman–Crippen LogP) is 2.97. The highest BCUT2D eigenvalue weighted by molar-refractivity contribution is 7.17. The molecule has 0 amide bonds. The number of piperidine rings is 1. The second kappa shape index (κ2) is 5.69. The van der Waals surface area contributed by atoms with Crippen molar-refractivity contribution in [3.63, 3.8) is 0 Å². The molecule has 5 nitrogen and oxygen atoms in total. The Labute approximate surface area is 123 Å². The van der Waals surface area contributed by atoms with E-state index in [1.807, 2.05) is 13.8 Å². The maximum Gasteiger partial charge on any atom is 0.347 e. The van der Waals surface area contributed by atoms with Gasteiger partial charge in [-0.3, -0.25) is 0 Å². The van der Waals surface area contributed by atoms with Gasteiger partial charge in [0, 0.05) is 20.2 Å². The monoisotopic (exact) mass is 298 g/mol. The zero-order chi connectivity index (χ0) is 14.9. The Hall–Kier alpha value is -1.14. The first kappa shape index (κ1) is 15.3. The minimum atomic E-state index is -0.885. The van der Waals surface area contributed by atoms with Crippen LogP contribution in [-0.2, 0) is 4.74 Å². The Bertz CT molecular complexity index is 501. The van der Waals surface area contributed by atoms with Gasteiger partial charge >= 0.3 is 5.97 Å². The molecular weight excluding hydrogens is 276 g/mol. The van der Waals surface area contributed by atoms with Gasteiger partial charge in [-0.2, -0.15) is 0 Å². The van der Waals surface area contributed by atoms with Crippen LogP contribution in [0, 0.1) is 0 Å². The Balaban J connectivity index is 2.29. The minimum Gasteiger partial charge on any atom is -0.477 e. The van der Waals surface area contributed by atoms with Crippen molar-refractivity contribution in [3.8, 4) is 0 Å². The van der Waals surface area contributed by atoms with Crippen LogP contribution in [0.25, 0.3) is 0 Å². The second-order valence-electron chi connectivity index (χ2n) is 5.85. The molecule has 1 aliphatic rings. The van der Waals surface area contributed by atoms with Crippen molar-refractivity contribution in [1.29, 1.82) is 0 Å². The number of hydrogen-bond donors (Lipinski definition) is 1. The van der Waals surface area contributed by atoms with Gasteiger partial charge in [0.1, 0.15) is 4.88 Å². The number of aromatic carboxylic acids is 1. The fourth-order valence-electron chi connectivity index (χ4n) is 2.54. The van der Waals surface area contributed by atoms with Gasteiger partial charge in [0.15, 0.2) is 5.13 Å². The van der Waals surface area contributed by atoms with Crippen molar-refractivity contribution in [2.24, 2.45) is 0 Å². The van der Waals surface area contributed by atoms with Gasteiger partial charge in [-0.05, 0) is 25.7 Å². The molecule has 0 saturated carbocycles. The molecular formula is C14H22N2O3S. The summed E-state index contributed by atoms with van der Waals surface area (Å²) in [6, 6.07) is 0. The molecule has 0 aliphatic carbocycles. The molecule has 0 bridgehead atoms. The molecule has 1 aliphatic heterocycles. The van der Waals surface area contributed by atoms with E-state index in [9.17, 15) is 9.90 Å². The summed E-state index contributed by atoms with van der Waals surface area (Å²) < 4.78 is 5.58. The van der Waals surface area contributed by atoms with Crippen molar-refractivity contribution in [1.82, 2.24) is 4.98 Å². The molecule has 20 heavy (non-hydrogen) atoms. The van der Waals surface area contributed by atoms with E-state index in [2.05, 4.69) is 16.8 Å². The number of methoxy groups -OCH3 is 1. The summed E-state index contributed by atoms with van der Waals surface area (Å²) in [5, 5.41) is 10.1. The molecule has 2 rings (SSSR count). The Morgan fingerprint density at radius 2 is 2.25 bits per heavy atom. The summed E-state index contributed by atoms with van der Waals surface area (Å²) in [5.41, 5.74) is 0.507. The summed E-state index contributed by atoms with van der Waals surface area (Å²) in [6.45, 7) is 7.70. The smallest absolute Gasteiger partial charge is 0.347 e. The summed E-state index contributed by atoms with van der Waals surface area (Å²) in [5.74, 6) is -0.770. The molecule has 2 heterocycles. The van der Waals surface area contributed by atoms with Crippen LogP contribution in [0.4, 0.5) is 5.13 Å². The van der Waals surface area contributed by atoms with Crippen LogP contribution in [0.1, 0.15) is 54.9 Å². The SMILES string of the molecule is COC1(C)CCCN(c2nc(C(C)C)c(C(=O)O)s2)C1. The highest BCUT2D eigenvalue weighted by Gasteiger charge is 2.33. The van der Waals surface area contributed by atoms with E-state index in [-0.39, 0.29) is 11.5 Å². The lowest BCUT2D eigenvalue weighted by molar-refractivity contribution is -0.00466. The summed E-state index contributed by atoms with van der Waals surface area (Å²) in [7, 11) is 1.73. The van der Waals surface area contributed by atoms with Gasteiger partial charge in [-0.15, -0.1) is 0 Å².